The monoisotopic (exact) mass is 225 g/mol. The van der Waals surface area contributed by atoms with E-state index in [9.17, 15) is 4.79 Å². The zero-order chi connectivity index (χ0) is 11.1. The molecule has 4 nitrogen and oxygen atoms in total. The molecule has 0 saturated carbocycles. The number of amides is 1. The van der Waals surface area contributed by atoms with Crippen molar-refractivity contribution in [3.63, 3.8) is 0 Å². The van der Waals surface area contributed by atoms with E-state index < -0.39 is 0 Å². The smallest absolute Gasteiger partial charge is 0.219 e. The maximum absolute atomic E-state index is 10.9. The maximum atomic E-state index is 10.9. The van der Waals surface area contributed by atoms with Crippen LogP contribution >= 0.6 is 11.8 Å². The number of aromatic nitrogens is 1. The first-order valence-corrected chi connectivity index (χ1v) is 5.76. The lowest BCUT2D eigenvalue weighted by Gasteiger charge is -2.03. The Balaban J connectivity index is 2.26. The first kappa shape index (κ1) is 11.8. The fraction of sp³-hybridized carbons (Fsp3) is 0.400. The van der Waals surface area contributed by atoms with E-state index in [0.29, 0.717) is 12.1 Å². The van der Waals surface area contributed by atoms with Crippen molar-refractivity contribution < 1.29 is 4.79 Å². The van der Waals surface area contributed by atoms with Crippen LogP contribution in [0.2, 0.25) is 0 Å². The van der Waals surface area contributed by atoms with Crippen LogP contribution in [0.1, 0.15) is 12.8 Å². The van der Waals surface area contributed by atoms with Crippen molar-refractivity contribution in [2.24, 2.45) is 0 Å². The Labute approximate surface area is 93.7 Å². The molecule has 0 radical (unpaired) electrons. The van der Waals surface area contributed by atoms with Gasteiger partial charge in [0.2, 0.25) is 5.91 Å². The van der Waals surface area contributed by atoms with Crippen molar-refractivity contribution in [1.82, 2.24) is 10.3 Å². The zero-order valence-electron chi connectivity index (χ0n) is 8.69. The lowest BCUT2D eigenvalue weighted by Crippen LogP contribution is -2.17. The molecule has 0 atom stereocenters. The van der Waals surface area contributed by atoms with Crippen molar-refractivity contribution in [1.29, 1.82) is 0 Å². The molecule has 0 aliphatic rings. The van der Waals surface area contributed by atoms with Crippen LogP contribution in [-0.4, -0.2) is 23.7 Å². The van der Waals surface area contributed by atoms with Crippen LogP contribution in [0.15, 0.2) is 23.4 Å². The second kappa shape index (κ2) is 6.29. The van der Waals surface area contributed by atoms with Gasteiger partial charge in [0, 0.05) is 25.4 Å². The molecule has 0 fully saturated rings. The highest BCUT2D eigenvalue weighted by molar-refractivity contribution is 7.99. The minimum atomic E-state index is 0.0737. The topological polar surface area (TPSA) is 68.0 Å². The SMILES string of the molecule is CNC(=O)CCCSc1ncccc1N. The Morgan fingerprint density at radius 1 is 1.67 bits per heavy atom. The Morgan fingerprint density at radius 2 is 2.47 bits per heavy atom. The van der Waals surface area contributed by atoms with E-state index in [0.717, 1.165) is 17.2 Å². The van der Waals surface area contributed by atoms with Gasteiger partial charge in [-0.2, -0.15) is 0 Å². The first-order valence-electron chi connectivity index (χ1n) is 4.78. The Bertz CT molecular complexity index is 330. The van der Waals surface area contributed by atoms with Crippen LogP contribution in [-0.2, 0) is 4.79 Å². The number of hydrogen-bond acceptors (Lipinski definition) is 4. The predicted molar refractivity (Wildman–Crippen MR) is 62.7 cm³/mol. The standard InChI is InChI=1S/C10H15N3OS/c1-12-9(14)5-3-7-15-10-8(11)4-2-6-13-10/h2,4,6H,3,5,7,11H2,1H3,(H,12,14). The van der Waals surface area contributed by atoms with Crippen molar-refractivity contribution >= 4 is 23.4 Å². The van der Waals surface area contributed by atoms with E-state index in [-0.39, 0.29) is 5.91 Å². The molecular weight excluding hydrogens is 210 g/mol. The number of pyridine rings is 1. The average Bonchev–Trinajstić information content (AvgIpc) is 2.26. The minimum absolute atomic E-state index is 0.0737. The first-order chi connectivity index (χ1) is 7.24. The van der Waals surface area contributed by atoms with Gasteiger partial charge in [0.15, 0.2) is 0 Å². The molecule has 82 valence electrons. The van der Waals surface area contributed by atoms with E-state index in [1.165, 1.54) is 0 Å². The normalized spacial score (nSPS) is 9.93. The van der Waals surface area contributed by atoms with E-state index in [1.54, 1.807) is 25.0 Å². The van der Waals surface area contributed by atoms with Gasteiger partial charge in [-0.3, -0.25) is 4.79 Å². The van der Waals surface area contributed by atoms with E-state index in [4.69, 9.17) is 5.73 Å². The molecule has 0 saturated heterocycles. The lowest BCUT2D eigenvalue weighted by molar-refractivity contribution is -0.120. The van der Waals surface area contributed by atoms with E-state index in [2.05, 4.69) is 10.3 Å². The Kier molecular flexibility index (Phi) is 4.97. The summed E-state index contributed by atoms with van der Waals surface area (Å²) in [6.45, 7) is 0. The molecule has 0 aliphatic carbocycles. The quantitative estimate of drug-likeness (QED) is 0.585. The summed E-state index contributed by atoms with van der Waals surface area (Å²) in [7, 11) is 1.65. The molecule has 1 rings (SSSR count). The number of anilines is 1. The van der Waals surface area contributed by atoms with Gasteiger partial charge in [-0.25, -0.2) is 4.98 Å². The number of nitrogens with two attached hydrogens (primary N) is 1. The molecule has 15 heavy (non-hydrogen) atoms. The fourth-order valence-corrected chi connectivity index (χ4v) is 1.90. The fourth-order valence-electron chi connectivity index (χ4n) is 1.05. The highest BCUT2D eigenvalue weighted by atomic mass is 32.2. The Hall–Kier alpha value is -1.23. The van der Waals surface area contributed by atoms with Gasteiger partial charge in [-0.15, -0.1) is 11.8 Å². The molecule has 1 amide bonds. The number of carbonyl (C=O) groups is 1. The van der Waals surface area contributed by atoms with Crippen molar-refractivity contribution in [2.45, 2.75) is 17.9 Å². The molecule has 1 aromatic rings. The highest BCUT2D eigenvalue weighted by Gasteiger charge is 2.01. The van der Waals surface area contributed by atoms with Crippen LogP contribution in [0.25, 0.3) is 0 Å². The molecule has 0 unspecified atom stereocenters. The molecule has 3 N–H and O–H groups in total. The summed E-state index contributed by atoms with van der Waals surface area (Å²) in [5.74, 6) is 0.929. The third-order valence-corrected chi connectivity index (χ3v) is 2.97. The second-order valence-electron chi connectivity index (χ2n) is 3.02. The number of nitrogens with zero attached hydrogens (tertiary/aromatic N) is 1. The van der Waals surface area contributed by atoms with E-state index >= 15 is 0 Å². The minimum Gasteiger partial charge on any atom is -0.397 e. The van der Waals surface area contributed by atoms with Gasteiger partial charge >= 0.3 is 0 Å². The van der Waals surface area contributed by atoms with Gasteiger partial charge in [-0.05, 0) is 18.6 Å². The van der Waals surface area contributed by atoms with Crippen LogP contribution in [0.4, 0.5) is 5.69 Å². The van der Waals surface area contributed by atoms with E-state index in [1.807, 2.05) is 12.1 Å². The highest BCUT2D eigenvalue weighted by Crippen LogP contribution is 2.22. The molecule has 0 aliphatic heterocycles. The van der Waals surface area contributed by atoms with Crippen LogP contribution in [0, 0.1) is 0 Å². The summed E-state index contributed by atoms with van der Waals surface area (Å²) in [5, 5.41) is 3.43. The molecule has 5 heteroatoms. The number of carbonyl (C=O) groups excluding carboxylic acids is 1. The summed E-state index contributed by atoms with van der Waals surface area (Å²) in [4.78, 5) is 15.1. The summed E-state index contributed by atoms with van der Waals surface area (Å²) in [6, 6.07) is 3.64. The van der Waals surface area contributed by atoms with Crippen molar-refractivity contribution in [3.8, 4) is 0 Å². The summed E-state index contributed by atoms with van der Waals surface area (Å²) in [6.07, 6.45) is 3.11. The zero-order valence-corrected chi connectivity index (χ0v) is 9.51. The van der Waals surface area contributed by atoms with Crippen molar-refractivity contribution in [2.75, 3.05) is 18.5 Å². The van der Waals surface area contributed by atoms with Gasteiger partial charge in [0.1, 0.15) is 5.03 Å². The molecule has 0 spiro atoms. The van der Waals surface area contributed by atoms with Crippen LogP contribution < -0.4 is 11.1 Å². The number of rotatable bonds is 5. The predicted octanol–water partition coefficient (Wildman–Crippen LogP) is 1.28. The summed E-state index contributed by atoms with van der Waals surface area (Å²) in [5.41, 5.74) is 6.42. The largest absolute Gasteiger partial charge is 0.397 e. The second-order valence-corrected chi connectivity index (χ2v) is 4.11. The molecule has 0 aromatic carbocycles. The van der Waals surface area contributed by atoms with Gasteiger partial charge in [0.05, 0.1) is 5.69 Å². The van der Waals surface area contributed by atoms with Gasteiger partial charge in [0.25, 0.3) is 0 Å². The number of thioether (sulfide) groups is 1. The van der Waals surface area contributed by atoms with Crippen LogP contribution in [0.3, 0.4) is 0 Å². The van der Waals surface area contributed by atoms with Gasteiger partial charge in [-0.1, -0.05) is 0 Å². The molecule has 0 bridgehead atoms. The molecule has 1 heterocycles. The third kappa shape index (κ3) is 4.20. The molecular formula is C10H15N3OS. The Morgan fingerprint density at radius 3 is 3.13 bits per heavy atom. The number of nitrogen functional groups attached to an aromatic ring is 1. The number of hydrogen-bond donors (Lipinski definition) is 2. The molecule has 1 aromatic heterocycles. The van der Waals surface area contributed by atoms with Gasteiger partial charge < -0.3 is 11.1 Å². The average molecular weight is 225 g/mol. The van der Waals surface area contributed by atoms with Crippen molar-refractivity contribution in [3.05, 3.63) is 18.3 Å². The maximum Gasteiger partial charge on any atom is 0.219 e. The summed E-state index contributed by atoms with van der Waals surface area (Å²) >= 11 is 1.58. The third-order valence-electron chi connectivity index (χ3n) is 1.87. The van der Waals surface area contributed by atoms with Crippen LogP contribution in [0.5, 0.6) is 0 Å². The summed E-state index contributed by atoms with van der Waals surface area (Å²) < 4.78 is 0. The number of nitrogens with one attached hydrogen (secondary N) is 1. The lowest BCUT2D eigenvalue weighted by atomic mass is 10.3.